The third kappa shape index (κ3) is 6.34. The summed E-state index contributed by atoms with van der Waals surface area (Å²) in [5.74, 6) is -0.919. The second kappa shape index (κ2) is 11.4. The van der Waals surface area contributed by atoms with E-state index in [1.807, 2.05) is 44.2 Å². The number of nitrogens with zero attached hydrogens (tertiary/aromatic N) is 2. The summed E-state index contributed by atoms with van der Waals surface area (Å²) >= 11 is 0. The van der Waals surface area contributed by atoms with Crippen molar-refractivity contribution < 1.29 is 22.4 Å². The molecule has 0 saturated carbocycles. The number of Topliss-reactive ketones (excluding diaryl/α,β-unsaturated/α-hetero) is 1. The molecule has 0 aliphatic rings. The number of hydrogen-bond donors (Lipinski definition) is 2. The Hall–Kier alpha value is -4.83. The van der Waals surface area contributed by atoms with Crippen LogP contribution in [0.5, 0.6) is 0 Å². The van der Waals surface area contributed by atoms with E-state index in [2.05, 4.69) is 15.1 Å². The molecule has 8 nitrogen and oxygen atoms in total. The van der Waals surface area contributed by atoms with Gasteiger partial charge in [0.05, 0.1) is 29.2 Å². The highest BCUT2D eigenvalue weighted by Gasteiger charge is 2.26. The second-order valence-electron chi connectivity index (χ2n) is 11.0. The van der Waals surface area contributed by atoms with Crippen LogP contribution in [0.15, 0.2) is 91.1 Å². The van der Waals surface area contributed by atoms with E-state index in [4.69, 9.17) is 0 Å². The van der Waals surface area contributed by atoms with Gasteiger partial charge in [0, 0.05) is 30.2 Å². The maximum atomic E-state index is 13.7. The number of ketones is 1. The van der Waals surface area contributed by atoms with Crippen LogP contribution in [-0.2, 0) is 15.4 Å². The third-order valence-electron chi connectivity index (χ3n) is 7.29. The van der Waals surface area contributed by atoms with Crippen molar-refractivity contribution in [1.29, 1.82) is 0 Å². The minimum atomic E-state index is -3.72. The molecule has 3 aromatic carbocycles. The number of carbonyl (C=O) groups is 2. The van der Waals surface area contributed by atoms with Gasteiger partial charge in [-0.1, -0.05) is 62.4 Å². The molecule has 2 aromatic heterocycles. The van der Waals surface area contributed by atoms with Crippen molar-refractivity contribution >= 4 is 32.9 Å². The summed E-state index contributed by atoms with van der Waals surface area (Å²) in [5.41, 5.74) is 3.78. The van der Waals surface area contributed by atoms with Gasteiger partial charge in [-0.2, -0.15) is 5.10 Å². The monoisotopic (exact) mass is 598 g/mol. The molecule has 0 radical (unpaired) electrons. The fourth-order valence-electron chi connectivity index (χ4n) is 5.12. The van der Waals surface area contributed by atoms with Gasteiger partial charge in [-0.05, 0) is 52.9 Å². The van der Waals surface area contributed by atoms with Crippen LogP contribution in [0.1, 0.15) is 46.5 Å². The molecule has 10 heteroatoms. The van der Waals surface area contributed by atoms with Crippen LogP contribution in [0.3, 0.4) is 0 Å². The van der Waals surface area contributed by atoms with Gasteiger partial charge in [0.25, 0.3) is 5.91 Å². The van der Waals surface area contributed by atoms with Gasteiger partial charge in [-0.25, -0.2) is 17.3 Å². The van der Waals surface area contributed by atoms with Crippen molar-refractivity contribution in [2.75, 3.05) is 18.0 Å². The molecule has 1 amide bonds. The van der Waals surface area contributed by atoms with Crippen LogP contribution < -0.4 is 10.0 Å². The molecule has 2 N–H and O–H groups in total. The van der Waals surface area contributed by atoms with E-state index in [1.165, 1.54) is 42.0 Å². The summed E-state index contributed by atoms with van der Waals surface area (Å²) in [4.78, 5) is 26.6. The molecular weight excluding hydrogens is 567 g/mol. The molecule has 0 bridgehead atoms. The summed E-state index contributed by atoms with van der Waals surface area (Å²) in [6, 6.07) is 24.0. The number of rotatable bonds is 9. The van der Waals surface area contributed by atoms with E-state index >= 15 is 0 Å². The quantitative estimate of drug-likeness (QED) is 0.200. The number of aromatic nitrogens is 2. The number of fused-ring (bicyclic) bond motifs is 1. The molecule has 2 heterocycles. The van der Waals surface area contributed by atoms with Crippen LogP contribution in [0.4, 0.5) is 10.1 Å². The maximum absolute atomic E-state index is 13.7. The Bertz CT molecular complexity index is 1950. The molecule has 0 atom stereocenters. The molecule has 0 aliphatic carbocycles. The topological polar surface area (TPSA) is 110 Å². The number of anilines is 1. The molecular formula is C33H31FN4O4S. The molecule has 0 spiro atoms. The average Bonchev–Trinajstić information content (AvgIpc) is 3.34. The van der Waals surface area contributed by atoms with Crippen molar-refractivity contribution in [1.82, 2.24) is 14.9 Å². The number of sulfonamides is 1. The zero-order valence-electron chi connectivity index (χ0n) is 24.2. The van der Waals surface area contributed by atoms with E-state index < -0.39 is 27.2 Å². The minimum absolute atomic E-state index is 0.0663. The molecule has 0 unspecified atom stereocenters. The van der Waals surface area contributed by atoms with Crippen molar-refractivity contribution in [3.63, 3.8) is 0 Å². The van der Waals surface area contributed by atoms with Crippen molar-refractivity contribution in [3.05, 3.63) is 114 Å². The zero-order chi connectivity index (χ0) is 30.9. The minimum Gasteiger partial charge on any atom is -0.355 e. The van der Waals surface area contributed by atoms with Crippen LogP contribution >= 0.6 is 0 Å². The smallest absolute Gasteiger partial charge is 0.255 e. The van der Waals surface area contributed by atoms with Gasteiger partial charge >= 0.3 is 0 Å². The van der Waals surface area contributed by atoms with E-state index in [1.54, 1.807) is 30.3 Å². The summed E-state index contributed by atoms with van der Waals surface area (Å²) in [5, 5.41) is 7.20. The summed E-state index contributed by atoms with van der Waals surface area (Å²) in [7, 11) is -2.22. The standard InChI is InChI=1S/C33H31FN4O4S/c1-33(2,24-11-6-5-7-12-24)19-29(39)23-10-8-9-22(17-23)26-18-28-30(32(40)35-3)31(21-13-15-25(34)16-14-21)36-38(28)20-27(26)37-43(4,41)42/h5-18,20,37H,19H2,1-4H3,(H,35,40). The first kappa shape index (κ1) is 29.7. The van der Waals surface area contributed by atoms with Gasteiger partial charge in [0.1, 0.15) is 11.5 Å². The molecule has 0 fully saturated rings. The predicted molar refractivity (Wildman–Crippen MR) is 166 cm³/mol. The van der Waals surface area contributed by atoms with E-state index in [0.29, 0.717) is 33.5 Å². The SMILES string of the molecule is CNC(=O)c1c(-c2ccc(F)cc2)nn2cc(NS(C)(=O)=O)c(-c3cccc(C(=O)CC(C)(C)c4ccccc4)c3)cc12. The number of carbonyl (C=O) groups excluding carboxylic acids is 2. The normalized spacial score (nSPS) is 11.8. The molecule has 0 saturated heterocycles. The van der Waals surface area contributed by atoms with E-state index in [0.717, 1.165) is 11.8 Å². The first-order chi connectivity index (χ1) is 20.4. The summed E-state index contributed by atoms with van der Waals surface area (Å²) < 4.78 is 42.4. The molecule has 5 rings (SSSR count). The van der Waals surface area contributed by atoms with E-state index in [-0.39, 0.29) is 23.5 Å². The highest BCUT2D eigenvalue weighted by atomic mass is 32.2. The number of pyridine rings is 1. The Balaban J connectivity index is 1.65. The summed E-state index contributed by atoms with van der Waals surface area (Å²) in [6.07, 6.45) is 2.78. The number of amides is 1. The van der Waals surface area contributed by atoms with Gasteiger partial charge in [0.15, 0.2) is 5.78 Å². The molecule has 220 valence electrons. The first-order valence-electron chi connectivity index (χ1n) is 13.6. The lowest BCUT2D eigenvalue weighted by Gasteiger charge is -2.24. The Morgan fingerprint density at radius 1 is 0.930 bits per heavy atom. The highest BCUT2D eigenvalue weighted by Crippen LogP contribution is 2.36. The van der Waals surface area contributed by atoms with Crippen molar-refractivity contribution in [2.24, 2.45) is 0 Å². The van der Waals surface area contributed by atoms with Crippen molar-refractivity contribution in [2.45, 2.75) is 25.7 Å². The van der Waals surface area contributed by atoms with Gasteiger partial charge in [-0.15, -0.1) is 0 Å². The van der Waals surface area contributed by atoms with Gasteiger partial charge in [0.2, 0.25) is 10.0 Å². The Kier molecular flexibility index (Phi) is 7.90. The number of halogens is 1. The fraction of sp³-hybridized carbons (Fsp3) is 0.182. The van der Waals surface area contributed by atoms with Crippen LogP contribution in [0.2, 0.25) is 0 Å². The Labute approximate surface area is 249 Å². The molecule has 5 aromatic rings. The van der Waals surface area contributed by atoms with Gasteiger partial charge in [-0.3, -0.25) is 14.3 Å². The molecule has 43 heavy (non-hydrogen) atoms. The van der Waals surface area contributed by atoms with Gasteiger partial charge < -0.3 is 5.32 Å². The van der Waals surface area contributed by atoms with Crippen LogP contribution in [0, 0.1) is 5.82 Å². The van der Waals surface area contributed by atoms with E-state index in [9.17, 15) is 22.4 Å². The third-order valence-corrected chi connectivity index (χ3v) is 7.88. The average molecular weight is 599 g/mol. The maximum Gasteiger partial charge on any atom is 0.255 e. The Morgan fingerprint density at radius 2 is 1.63 bits per heavy atom. The lowest BCUT2D eigenvalue weighted by molar-refractivity contribution is 0.0952. The van der Waals surface area contributed by atoms with Crippen LogP contribution in [-0.4, -0.2) is 43.0 Å². The number of benzene rings is 3. The first-order valence-corrected chi connectivity index (χ1v) is 15.5. The van der Waals surface area contributed by atoms with Crippen molar-refractivity contribution in [3.8, 4) is 22.4 Å². The highest BCUT2D eigenvalue weighted by molar-refractivity contribution is 7.92. The Morgan fingerprint density at radius 3 is 2.28 bits per heavy atom. The summed E-state index contributed by atoms with van der Waals surface area (Å²) in [6.45, 7) is 4.04. The molecule has 0 aliphatic heterocycles. The zero-order valence-corrected chi connectivity index (χ0v) is 25.0. The lowest BCUT2D eigenvalue weighted by atomic mass is 9.79. The van der Waals surface area contributed by atoms with Crippen LogP contribution in [0.25, 0.3) is 27.9 Å². The fourth-order valence-corrected chi connectivity index (χ4v) is 5.69. The predicted octanol–water partition coefficient (Wildman–Crippen LogP) is 6.09. The number of hydrogen-bond acceptors (Lipinski definition) is 5. The largest absolute Gasteiger partial charge is 0.355 e. The lowest BCUT2D eigenvalue weighted by Crippen LogP contribution is -2.22. The second-order valence-corrected chi connectivity index (χ2v) is 12.8. The number of nitrogens with one attached hydrogen (secondary N) is 2.